The molecule has 22 heavy (non-hydrogen) atoms. The van der Waals surface area contributed by atoms with Crippen molar-refractivity contribution in [2.75, 3.05) is 4.90 Å². The lowest BCUT2D eigenvalue weighted by atomic mass is 10.2. The van der Waals surface area contributed by atoms with Gasteiger partial charge in [0.15, 0.2) is 4.91 Å². The van der Waals surface area contributed by atoms with Crippen LogP contribution in [-0.2, 0) is 9.84 Å². The summed E-state index contributed by atoms with van der Waals surface area (Å²) in [6.07, 6.45) is 1.25. The zero-order valence-corrected chi connectivity index (χ0v) is 13.4. The maximum atomic E-state index is 13.3. The van der Waals surface area contributed by atoms with Crippen molar-refractivity contribution in [3.8, 4) is 6.07 Å². The van der Waals surface area contributed by atoms with E-state index in [1.807, 2.05) is 0 Å². The van der Waals surface area contributed by atoms with Crippen molar-refractivity contribution in [3.63, 3.8) is 0 Å². The van der Waals surface area contributed by atoms with Gasteiger partial charge in [-0.1, -0.05) is 12.1 Å². The Morgan fingerprint density at radius 3 is 2.55 bits per heavy atom. The summed E-state index contributed by atoms with van der Waals surface area (Å²) < 4.78 is 38.4. The van der Waals surface area contributed by atoms with Gasteiger partial charge in [-0.3, -0.25) is 0 Å². The normalized spacial score (nSPS) is 15.7. The maximum absolute atomic E-state index is 13.3. The number of hydrogen-bond donors (Lipinski definition) is 0. The first-order chi connectivity index (χ1) is 10.4. The summed E-state index contributed by atoms with van der Waals surface area (Å²) in [4.78, 5) is 1.24. The van der Waals surface area contributed by atoms with Gasteiger partial charge in [-0.25, -0.2) is 12.8 Å². The van der Waals surface area contributed by atoms with Crippen LogP contribution in [0.4, 0.5) is 15.8 Å². The minimum atomic E-state index is -3.83. The molecule has 1 aliphatic rings. The molecule has 1 heterocycles. The zero-order valence-electron chi connectivity index (χ0n) is 11.0. The highest BCUT2D eigenvalue weighted by Crippen LogP contribution is 2.41. The number of allylic oxidation sites excluding steroid dienone is 1. The molecule has 7 heteroatoms. The monoisotopic (exact) mass is 378 g/mol. The number of para-hydroxylation sites is 1. The molecule has 2 aromatic carbocycles. The first-order valence-electron chi connectivity index (χ1n) is 6.15. The second kappa shape index (κ2) is 5.23. The number of benzene rings is 2. The van der Waals surface area contributed by atoms with Crippen LogP contribution < -0.4 is 4.90 Å². The molecule has 0 radical (unpaired) electrons. The molecule has 0 aromatic heterocycles. The lowest BCUT2D eigenvalue weighted by Gasteiger charge is -2.28. The second-order valence-electron chi connectivity index (χ2n) is 4.54. The molecule has 0 amide bonds. The third kappa shape index (κ3) is 2.21. The lowest BCUT2D eigenvalue weighted by molar-refractivity contribution is 0.602. The van der Waals surface area contributed by atoms with Gasteiger partial charge < -0.3 is 4.90 Å². The van der Waals surface area contributed by atoms with E-state index in [1.54, 1.807) is 29.2 Å². The van der Waals surface area contributed by atoms with Gasteiger partial charge in [0.1, 0.15) is 11.9 Å². The number of rotatable bonds is 1. The highest BCUT2D eigenvalue weighted by molar-refractivity contribution is 9.10. The molecule has 4 nitrogen and oxygen atoms in total. The standard InChI is InChI=1S/C15H8BrFN2O2S/c16-12-7-10(17)5-6-13(12)19-9-11(8-18)22(20,21)15-4-2-1-3-14(15)19/h1-7,9H. The summed E-state index contributed by atoms with van der Waals surface area (Å²) in [5.74, 6) is -0.418. The number of sulfone groups is 1. The summed E-state index contributed by atoms with van der Waals surface area (Å²) in [6, 6.07) is 12.1. The van der Waals surface area contributed by atoms with Gasteiger partial charge in [-0.05, 0) is 46.3 Å². The largest absolute Gasteiger partial charge is 0.313 e. The van der Waals surface area contributed by atoms with Crippen molar-refractivity contribution in [2.24, 2.45) is 0 Å². The molecule has 0 aliphatic carbocycles. The Morgan fingerprint density at radius 1 is 1.14 bits per heavy atom. The fraction of sp³-hybridized carbons (Fsp3) is 0. The van der Waals surface area contributed by atoms with Gasteiger partial charge in [0.25, 0.3) is 0 Å². The molecule has 0 atom stereocenters. The van der Waals surface area contributed by atoms with Crippen molar-refractivity contribution < 1.29 is 12.8 Å². The number of hydrogen-bond acceptors (Lipinski definition) is 4. The molecule has 0 N–H and O–H groups in total. The molecule has 0 fully saturated rings. The molecular weight excluding hydrogens is 371 g/mol. The quantitative estimate of drug-likeness (QED) is 0.755. The van der Waals surface area contributed by atoms with Gasteiger partial charge in [-0.2, -0.15) is 5.26 Å². The third-order valence-corrected chi connectivity index (χ3v) is 5.56. The highest BCUT2D eigenvalue weighted by Gasteiger charge is 2.32. The minimum Gasteiger partial charge on any atom is -0.313 e. The highest BCUT2D eigenvalue weighted by atomic mass is 79.9. The topological polar surface area (TPSA) is 61.2 Å². The van der Waals surface area contributed by atoms with Gasteiger partial charge in [0.2, 0.25) is 9.84 Å². The fourth-order valence-corrected chi connectivity index (χ4v) is 4.07. The SMILES string of the molecule is N#CC1=CN(c2ccc(F)cc2Br)c2ccccc2S1(=O)=O. The number of nitriles is 1. The van der Waals surface area contributed by atoms with Crippen LogP contribution >= 0.6 is 15.9 Å². The molecule has 0 unspecified atom stereocenters. The maximum Gasteiger partial charge on any atom is 0.220 e. The molecule has 3 rings (SSSR count). The van der Waals surface area contributed by atoms with E-state index in [0.717, 1.165) is 0 Å². The molecule has 0 saturated heterocycles. The van der Waals surface area contributed by atoms with Crippen LogP contribution in [0.5, 0.6) is 0 Å². The number of halogens is 2. The minimum absolute atomic E-state index is 0.0466. The van der Waals surface area contributed by atoms with Crippen molar-refractivity contribution in [1.82, 2.24) is 0 Å². The van der Waals surface area contributed by atoms with Crippen LogP contribution in [0.1, 0.15) is 0 Å². The molecular formula is C15H8BrFN2O2S. The first-order valence-corrected chi connectivity index (χ1v) is 8.43. The van der Waals surface area contributed by atoms with E-state index < -0.39 is 15.7 Å². The third-order valence-electron chi connectivity index (χ3n) is 3.23. The summed E-state index contributed by atoms with van der Waals surface area (Å²) >= 11 is 3.26. The predicted molar refractivity (Wildman–Crippen MR) is 83.6 cm³/mol. The zero-order chi connectivity index (χ0) is 15.9. The van der Waals surface area contributed by atoms with E-state index in [1.165, 1.54) is 30.5 Å². The van der Waals surface area contributed by atoms with Crippen LogP contribution in [-0.4, -0.2) is 8.42 Å². The lowest BCUT2D eigenvalue weighted by Crippen LogP contribution is -2.21. The number of nitrogens with zero attached hydrogens (tertiary/aromatic N) is 2. The molecule has 110 valence electrons. The van der Waals surface area contributed by atoms with Crippen LogP contribution in [0.3, 0.4) is 0 Å². The van der Waals surface area contributed by atoms with E-state index >= 15 is 0 Å². The fourth-order valence-electron chi connectivity index (χ4n) is 2.22. The van der Waals surface area contributed by atoms with Gasteiger partial charge in [0.05, 0.1) is 16.3 Å². The summed E-state index contributed by atoms with van der Waals surface area (Å²) in [7, 11) is -3.83. The van der Waals surface area contributed by atoms with Gasteiger partial charge >= 0.3 is 0 Å². The second-order valence-corrected chi connectivity index (χ2v) is 7.28. The Morgan fingerprint density at radius 2 is 1.86 bits per heavy atom. The molecule has 0 spiro atoms. The van der Waals surface area contributed by atoms with Crippen molar-refractivity contribution in [2.45, 2.75) is 4.90 Å². The molecule has 2 aromatic rings. The Bertz CT molecular complexity index is 948. The van der Waals surface area contributed by atoms with Crippen LogP contribution in [0.25, 0.3) is 0 Å². The number of anilines is 2. The Hall–Kier alpha value is -2.17. The smallest absolute Gasteiger partial charge is 0.220 e. The van der Waals surface area contributed by atoms with E-state index in [0.29, 0.717) is 15.8 Å². The average molecular weight is 379 g/mol. The van der Waals surface area contributed by atoms with Gasteiger partial charge in [-0.15, -0.1) is 0 Å². The van der Waals surface area contributed by atoms with Crippen molar-refractivity contribution in [3.05, 3.63) is 63.9 Å². The predicted octanol–water partition coefficient (Wildman–Crippen LogP) is 3.88. The van der Waals surface area contributed by atoms with E-state index in [2.05, 4.69) is 15.9 Å². The van der Waals surface area contributed by atoms with E-state index in [9.17, 15) is 12.8 Å². The molecule has 1 aliphatic heterocycles. The van der Waals surface area contributed by atoms with Crippen LogP contribution in [0, 0.1) is 17.1 Å². The van der Waals surface area contributed by atoms with Crippen molar-refractivity contribution >= 4 is 37.1 Å². The van der Waals surface area contributed by atoms with Gasteiger partial charge in [0, 0.05) is 10.7 Å². The van der Waals surface area contributed by atoms with E-state index in [-0.39, 0.29) is 9.80 Å². The Kier molecular flexibility index (Phi) is 3.51. The first kappa shape index (κ1) is 14.8. The Balaban J connectivity index is 2.31. The molecule has 0 saturated carbocycles. The average Bonchev–Trinajstić information content (AvgIpc) is 2.49. The number of fused-ring (bicyclic) bond motifs is 1. The molecule has 0 bridgehead atoms. The summed E-state index contributed by atoms with van der Waals surface area (Å²) in [6.45, 7) is 0. The van der Waals surface area contributed by atoms with Crippen molar-refractivity contribution in [1.29, 1.82) is 5.26 Å². The summed E-state index contributed by atoms with van der Waals surface area (Å²) in [5, 5.41) is 9.13. The summed E-state index contributed by atoms with van der Waals surface area (Å²) in [5.41, 5.74) is 0.949. The van der Waals surface area contributed by atoms with Crippen LogP contribution in [0.2, 0.25) is 0 Å². The Labute approximate surface area is 135 Å². The van der Waals surface area contributed by atoms with Crippen LogP contribution in [0.15, 0.2) is 62.9 Å². The van der Waals surface area contributed by atoms with E-state index in [4.69, 9.17) is 5.26 Å².